The molecule has 5 heterocycles. The Morgan fingerprint density at radius 2 is 1.74 bits per heavy atom. The number of Topliss-reactive ketones (excluding diaryl/α,β-unsaturated/α-hetero) is 2. The lowest BCUT2D eigenvalue weighted by Crippen LogP contribution is -2.47. The monoisotopic (exact) mass is 754 g/mol. The lowest BCUT2D eigenvalue weighted by atomic mass is 9.89. The fraction of sp³-hybridized carbons (Fsp3) is 0.488. The van der Waals surface area contributed by atoms with E-state index in [2.05, 4.69) is 21.3 Å². The summed E-state index contributed by atoms with van der Waals surface area (Å²) in [6, 6.07) is 12.8. The van der Waals surface area contributed by atoms with Gasteiger partial charge in [-0.15, -0.1) is 0 Å². The number of hydrogen-bond donors (Lipinski definition) is 4. The van der Waals surface area contributed by atoms with E-state index < -0.39 is 18.0 Å². The van der Waals surface area contributed by atoms with Crippen molar-refractivity contribution in [2.75, 3.05) is 51.3 Å². The number of benzene rings is 1. The zero-order chi connectivity index (χ0) is 37.9. The second-order valence-corrected chi connectivity index (χ2v) is 15.4. The van der Waals surface area contributed by atoms with Crippen LogP contribution in [0.5, 0.6) is 0 Å². The lowest BCUT2D eigenvalue weighted by Gasteiger charge is -2.31. The number of aromatic amines is 1. The quantitative estimate of drug-likeness (QED) is 0.169. The number of anilines is 1. The number of para-hydroxylation sites is 1. The van der Waals surface area contributed by atoms with Gasteiger partial charge in [-0.25, -0.2) is 9.97 Å². The van der Waals surface area contributed by atoms with Gasteiger partial charge in [0.1, 0.15) is 10.8 Å². The molecule has 1 amide bonds. The molecule has 13 heteroatoms. The molecule has 2 aliphatic rings. The van der Waals surface area contributed by atoms with E-state index in [0.29, 0.717) is 71.4 Å². The molecule has 2 aliphatic heterocycles. The van der Waals surface area contributed by atoms with Crippen molar-refractivity contribution in [3.05, 3.63) is 77.7 Å². The molecule has 0 aliphatic carbocycles. The number of carbonyl (C=O) groups excluding carboxylic acids is 3. The summed E-state index contributed by atoms with van der Waals surface area (Å²) in [5.41, 5.74) is 15.7. The van der Waals surface area contributed by atoms with Crippen molar-refractivity contribution in [1.82, 2.24) is 25.2 Å². The number of ether oxygens (including phenoxy) is 1. The summed E-state index contributed by atoms with van der Waals surface area (Å²) in [5, 5.41) is 5.34. The van der Waals surface area contributed by atoms with E-state index in [1.807, 2.05) is 48.8 Å². The van der Waals surface area contributed by atoms with Gasteiger partial charge in [-0.05, 0) is 80.1 Å². The van der Waals surface area contributed by atoms with Crippen LogP contribution >= 0.6 is 11.8 Å². The van der Waals surface area contributed by atoms with E-state index in [-0.39, 0.29) is 30.3 Å². The molecule has 3 aromatic heterocycles. The standard InChI is InChI=1S/C41H54N8O4S/c1-48-35(22-31-26-45-33-11-3-2-10-32(31)33)36(50)14-13-28-24-39(49-18-20-53-21-19-49)47-27-38(28)54-40-30(9-7-17-44-40)25-46-34(12-6-16-43)37(51)23-29(41(48)52)8-4-5-15-42/h2-3,7,9-11,17,24,26-27,29,34-35,45-46H,4-6,8,12-16,18-23,25,42-43H2,1H3/t29-,34+,35+/m1/s1. The molecule has 1 aromatic carbocycles. The van der Waals surface area contributed by atoms with Gasteiger partial charge in [-0.3, -0.25) is 14.4 Å². The molecule has 54 heavy (non-hydrogen) atoms. The summed E-state index contributed by atoms with van der Waals surface area (Å²) in [6.07, 6.45) is 9.88. The van der Waals surface area contributed by atoms with Crippen LogP contribution in [0.3, 0.4) is 0 Å². The van der Waals surface area contributed by atoms with Gasteiger partial charge >= 0.3 is 0 Å². The summed E-state index contributed by atoms with van der Waals surface area (Å²) in [6.45, 7) is 4.12. The van der Waals surface area contributed by atoms with Gasteiger partial charge in [0.05, 0.1) is 25.3 Å². The third-order valence-electron chi connectivity index (χ3n) is 10.7. The zero-order valence-corrected chi connectivity index (χ0v) is 32.1. The number of morpholine rings is 1. The number of aryl methyl sites for hydroxylation is 1. The summed E-state index contributed by atoms with van der Waals surface area (Å²) in [7, 11) is 1.73. The number of nitrogens with two attached hydrogens (primary N) is 2. The van der Waals surface area contributed by atoms with Crippen molar-refractivity contribution in [1.29, 1.82) is 0 Å². The van der Waals surface area contributed by atoms with E-state index in [1.54, 1.807) is 18.1 Å². The first-order chi connectivity index (χ1) is 26.4. The van der Waals surface area contributed by atoms with Crippen LogP contribution in [-0.4, -0.2) is 95.8 Å². The Balaban J connectivity index is 1.40. The Labute approximate surface area is 322 Å². The molecule has 0 radical (unpaired) electrons. The number of amides is 1. The number of fused-ring (bicyclic) bond motifs is 3. The fourth-order valence-corrected chi connectivity index (χ4v) is 8.48. The SMILES string of the molecule is CN1C(=O)[C@H](CCCCN)CC(=O)[C@H](CCCN)NCc2cccnc2Sc2cnc(N3CCOCC3)cc2CCC(=O)[C@@H]1Cc1c[nH]c2ccccc12. The highest BCUT2D eigenvalue weighted by Gasteiger charge is 2.34. The molecule has 0 spiro atoms. The molecule has 288 valence electrons. The number of nitrogens with zero attached hydrogens (tertiary/aromatic N) is 4. The Hall–Kier alpha value is -4.14. The Morgan fingerprint density at radius 3 is 2.56 bits per heavy atom. The van der Waals surface area contributed by atoms with Gasteiger partial charge in [0.15, 0.2) is 11.6 Å². The molecule has 6 N–H and O–H groups in total. The van der Waals surface area contributed by atoms with Crippen molar-refractivity contribution >= 4 is 46.0 Å². The fourth-order valence-electron chi connectivity index (χ4n) is 7.49. The minimum Gasteiger partial charge on any atom is -0.378 e. The first kappa shape index (κ1) is 39.6. The van der Waals surface area contributed by atoms with Crippen LogP contribution in [0.15, 0.2) is 71.0 Å². The van der Waals surface area contributed by atoms with Gasteiger partial charge in [0.25, 0.3) is 0 Å². The van der Waals surface area contributed by atoms with Crippen LogP contribution in [0, 0.1) is 5.92 Å². The highest BCUT2D eigenvalue weighted by Crippen LogP contribution is 2.34. The minimum absolute atomic E-state index is 0.0324. The molecule has 1 fully saturated rings. The average molecular weight is 755 g/mol. The van der Waals surface area contributed by atoms with Crippen LogP contribution in [-0.2, 0) is 38.5 Å². The number of pyridine rings is 2. The Bertz CT molecular complexity index is 1880. The molecule has 0 bridgehead atoms. The molecule has 1 saturated heterocycles. The van der Waals surface area contributed by atoms with E-state index in [9.17, 15) is 14.4 Å². The van der Waals surface area contributed by atoms with Crippen LogP contribution in [0.1, 0.15) is 61.6 Å². The van der Waals surface area contributed by atoms with Gasteiger partial charge in [-0.2, -0.15) is 0 Å². The maximum atomic E-state index is 14.6. The molecular formula is C41H54N8O4S. The van der Waals surface area contributed by atoms with Crippen LogP contribution in [0.2, 0.25) is 0 Å². The summed E-state index contributed by atoms with van der Waals surface area (Å²) in [4.78, 5) is 61.0. The third kappa shape index (κ3) is 9.93. The molecule has 12 nitrogen and oxygen atoms in total. The Morgan fingerprint density at radius 1 is 0.926 bits per heavy atom. The molecule has 4 aromatic rings. The van der Waals surface area contributed by atoms with Gasteiger partial charge in [0, 0.05) is 86.3 Å². The van der Waals surface area contributed by atoms with Crippen molar-refractivity contribution in [3.63, 3.8) is 0 Å². The zero-order valence-electron chi connectivity index (χ0n) is 31.3. The third-order valence-corrected chi connectivity index (χ3v) is 11.8. The predicted molar refractivity (Wildman–Crippen MR) is 212 cm³/mol. The van der Waals surface area contributed by atoms with E-state index in [0.717, 1.165) is 62.8 Å². The molecule has 6 rings (SSSR count). The predicted octanol–water partition coefficient (Wildman–Crippen LogP) is 4.43. The van der Waals surface area contributed by atoms with Crippen LogP contribution < -0.4 is 21.7 Å². The first-order valence-corrected chi connectivity index (χ1v) is 20.1. The van der Waals surface area contributed by atoms with Crippen LogP contribution in [0.25, 0.3) is 10.9 Å². The van der Waals surface area contributed by atoms with E-state index in [1.165, 1.54) is 11.8 Å². The second kappa shape index (κ2) is 19.4. The number of hydrogen-bond acceptors (Lipinski definition) is 11. The molecular weight excluding hydrogens is 701 g/mol. The van der Waals surface area contributed by atoms with Crippen LogP contribution in [0.4, 0.5) is 5.82 Å². The van der Waals surface area contributed by atoms with Gasteiger partial charge in [-0.1, -0.05) is 42.4 Å². The summed E-state index contributed by atoms with van der Waals surface area (Å²) >= 11 is 1.52. The smallest absolute Gasteiger partial charge is 0.226 e. The molecule has 0 saturated carbocycles. The Kier molecular flexibility index (Phi) is 14.2. The number of unbranched alkanes of at least 4 members (excludes halogenated alkanes) is 1. The van der Waals surface area contributed by atoms with Crippen molar-refractivity contribution in [2.24, 2.45) is 17.4 Å². The number of H-pyrrole nitrogens is 1. The molecule has 3 atom stereocenters. The lowest BCUT2D eigenvalue weighted by molar-refractivity contribution is -0.143. The molecule has 0 unspecified atom stereocenters. The second-order valence-electron chi connectivity index (χ2n) is 14.3. The summed E-state index contributed by atoms with van der Waals surface area (Å²) in [5.74, 6) is 0.00896. The van der Waals surface area contributed by atoms with E-state index >= 15 is 0 Å². The largest absolute Gasteiger partial charge is 0.378 e. The number of nitrogens with one attached hydrogen (secondary N) is 2. The highest BCUT2D eigenvalue weighted by molar-refractivity contribution is 7.99. The van der Waals surface area contributed by atoms with Gasteiger partial charge < -0.3 is 36.3 Å². The van der Waals surface area contributed by atoms with Crippen molar-refractivity contribution in [2.45, 2.75) is 86.3 Å². The highest BCUT2D eigenvalue weighted by atomic mass is 32.2. The average Bonchev–Trinajstić information content (AvgIpc) is 3.61. The maximum Gasteiger partial charge on any atom is 0.226 e. The number of aromatic nitrogens is 3. The van der Waals surface area contributed by atoms with Gasteiger partial charge in [0.2, 0.25) is 5.91 Å². The maximum absolute atomic E-state index is 14.6. The van der Waals surface area contributed by atoms with Crippen molar-refractivity contribution in [3.8, 4) is 0 Å². The number of rotatable bonds is 10. The number of carbonyl (C=O) groups is 3. The number of ketones is 2. The topological polar surface area (TPSA) is 173 Å². The number of likely N-dealkylation sites (N-methyl/N-ethyl adjacent to an activating group) is 1. The first-order valence-electron chi connectivity index (χ1n) is 19.3. The normalized spacial score (nSPS) is 20.9. The minimum atomic E-state index is -0.732. The van der Waals surface area contributed by atoms with Crippen molar-refractivity contribution < 1.29 is 19.1 Å². The summed E-state index contributed by atoms with van der Waals surface area (Å²) < 4.78 is 5.60. The van der Waals surface area contributed by atoms with E-state index in [4.69, 9.17) is 26.2 Å².